The fraction of sp³-hybridized carbons (Fsp3) is 0.182. The quantitative estimate of drug-likeness (QED) is 0.248. The fourth-order valence-electron chi connectivity index (χ4n) is 3.48. The number of rotatable bonds is 3. The van der Waals surface area contributed by atoms with Gasteiger partial charge in [-0.2, -0.15) is 0 Å². The first-order valence-corrected chi connectivity index (χ1v) is 8.60. The van der Waals surface area contributed by atoms with E-state index in [9.17, 15) is 0 Å². The molecule has 0 aliphatic carbocycles. The van der Waals surface area contributed by atoms with Gasteiger partial charge >= 0.3 is 0 Å². The molecule has 0 aromatic heterocycles. The number of hydrogen-bond donors (Lipinski definition) is 0. The molecule has 0 fully saturated rings. The van der Waals surface area contributed by atoms with Crippen molar-refractivity contribution in [2.75, 3.05) is 0 Å². The molecule has 2 heteroatoms. The van der Waals surface area contributed by atoms with Crippen molar-refractivity contribution in [2.24, 2.45) is 0 Å². The van der Waals surface area contributed by atoms with Crippen molar-refractivity contribution < 1.29 is 0 Å². The van der Waals surface area contributed by atoms with E-state index in [-0.39, 0.29) is 29.1 Å². The molecule has 1 unspecified atom stereocenters. The zero-order valence-corrected chi connectivity index (χ0v) is 17.9. The van der Waals surface area contributed by atoms with E-state index in [0.717, 1.165) is 0 Å². The van der Waals surface area contributed by atoms with Gasteiger partial charge in [0.25, 0.3) is 0 Å². The molecule has 0 amide bonds. The summed E-state index contributed by atoms with van der Waals surface area (Å²) in [6, 6.07) is 26.1. The summed E-state index contributed by atoms with van der Waals surface area (Å²) in [5.74, 6) is 0. The molecule has 0 radical (unpaired) electrons. The molecule has 124 valence electrons. The van der Waals surface area contributed by atoms with E-state index in [1.807, 2.05) is 0 Å². The molecule has 0 bridgehead atoms. The van der Waals surface area contributed by atoms with Crippen LogP contribution in [-0.4, -0.2) is 0 Å². The van der Waals surface area contributed by atoms with E-state index < -0.39 is 0 Å². The first-order chi connectivity index (χ1) is 11.0. The van der Waals surface area contributed by atoms with E-state index in [0.29, 0.717) is 0 Å². The second-order valence-corrected chi connectivity index (χ2v) is 7.12. The minimum atomic E-state index is -0.234. The molecular weight excluding hydrogens is 422 g/mol. The Morgan fingerprint density at radius 2 is 0.792 bits per heavy atom. The monoisotopic (exact) mass is 446 g/mol. The van der Waals surface area contributed by atoms with Gasteiger partial charge in [0.1, 0.15) is 0 Å². The average molecular weight is 446 g/mol. The maximum Gasteiger partial charge on any atom is 0.0599 e. The normalized spacial score (nSPS) is 11.0. The Balaban J connectivity index is 0.00000208. The highest BCUT2D eigenvalue weighted by Crippen LogP contribution is 2.48. The minimum Gasteiger partial charge on any atom is -0.117 e. The molecule has 0 spiro atoms. The predicted octanol–water partition coefficient (Wildman–Crippen LogP) is 6.40. The van der Waals surface area contributed by atoms with Crippen molar-refractivity contribution >= 4 is 33.2 Å². The summed E-state index contributed by atoms with van der Waals surface area (Å²) in [6.07, 6.45) is 0. The molecule has 0 saturated heterocycles. The van der Waals surface area contributed by atoms with Crippen molar-refractivity contribution in [1.29, 1.82) is 0 Å². The van der Waals surface area contributed by atoms with Crippen molar-refractivity contribution in [3.63, 3.8) is 0 Å². The van der Waals surface area contributed by atoms with E-state index in [4.69, 9.17) is 0 Å². The second-order valence-electron chi connectivity index (χ2n) is 6.25. The van der Waals surface area contributed by atoms with Crippen LogP contribution < -0.4 is 0 Å². The summed E-state index contributed by atoms with van der Waals surface area (Å²) in [5, 5.41) is -0.234. The maximum atomic E-state index is 3.16. The molecule has 24 heavy (non-hydrogen) atoms. The van der Waals surface area contributed by atoms with Crippen molar-refractivity contribution in [2.45, 2.75) is 25.9 Å². The van der Waals surface area contributed by atoms with Crippen molar-refractivity contribution in [3.8, 4) is 0 Å². The Morgan fingerprint density at radius 3 is 1.04 bits per heavy atom. The Bertz CT molecular complexity index is 728. The van der Waals surface area contributed by atoms with Crippen molar-refractivity contribution in [3.05, 3.63) is 106 Å². The minimum absolute atomic E-state index is 0. The van der Waals surface area contributed by atoms with Crippen LogP contribution in [-0.2, 0) is 5.16 Å². The molecule has 0 aliphatic rings. The van der Waals surface area contributed by atoms with Gasteiger partial charge in [-0.3, -0.25) is 0 Å². The molecular formula is C22H24IP. The van der Waals surface area contributed by atoms with Crippen LogP contribution in [0.3, 0.4) is 0 Å². The van der Waals surface area contributed by atoms with Crippen LogP contribution in [0.5, 0.6) is 0 Å². The Labute approximate surface area is 164 Å². The van der Waals surface area contributed by atoms with Gasteiger partial charge in [-0.05, 0) is 54.2 Å². The van der Waals surface area contributed by atoms with E-state index in [1.54, 1.807) is 0 Å². The lowest BCUT2D eigenvalue weighted by Gasteiger charge is -2.35. The van der Waals surface area contributed by atoms with Crippen molar-refractivity contribution in [1.82, 2.24) is 0 Å². The van der Waals surface area contributed by atoms with Gasteiger partial charge < -0.3 is 0 Å². The second kappa shape index (κ2) is 7.80. The zero-order valence-electron chi connectivity index (χ0n) is 14.4. The molecule has 0 heterocycles. The summed E-state index contributed by atoms with van der Waals surface area (Å²) < 4.78 is 0. The molecule has 3 rings (SSSR count). The summed E-state index contributed by atoms with van der Waals surface area (Å²) in [7, 11) is 3.16. The van der Waals surface area contributed by atoms with Crippen LogP contribution in [0, 0.1) is 20.8 Å². The van der Waals surface area contributed by atoms with E-state index >= 15 is 0 Å². The third kappa shape index (κ3) is 3.30. The van der Waals surface area contributed by atoms with E-state index in [2.05, 4.69) is 103 Å². The van der Waals surface area contributed by atoms with Gasteiger partial charge in [0.05, 0.1) is 5.16 Å². The Morgan fingerprint density at radius 1 is 0.542 bits per heavy atom. The standard InChI is InChI=1S/C22H23P.HI/c1-16-10-4-7-13-19(16)22(23,20-14-8-5-11-17(20)2)21-15-9-6-12-18(21)3;/h4-15H,23H2,1-3H3;1H. The summed E-state index contributed by atoms with van der Waals surface area (Å²) >= 11 is 0. The van der Waals surface area contributed by atoms with Gasteiger partial charge in [0.2, 0.25) is 0 Å². The molecule has 1 atom stereocenters. The zero-order chi connectivity index (χ0) is 16.4. The van der Waals surface area contributed by atoms with Gasteiger partial charge in [-0.1, -0.05) is 72.8 Å². The first-order valence-electron chi connectivity index (χ1n) is 8.02. The lowest BCUT2D eigenvalue weighted by Crippen LogP contribution is -2.25. The summed E-state index contributed by atoms with van der Waals surface area (Å²) in [6.45, 7) is 6.60. The van der Waals surface area contributed by atoms with Crippen LogP contribution in [0.1, 0.15) is 33.4 Å². The number of aryl methyl sites for hydroxylation is 3. The lowest BCUT2D eigenvalue weighted by molar-refractivity contribution is 0.865. The summed E-state index contributed by atoms with van der Waals surface area (Å²) in [4.78, 5) is 0. The highest BCUT2D eigenvalue weighted by atomic mass is 127. The van der Waals surface area contributed by atoms with Crippen LogP contribution >= 0.6 is 33.2 Å². The maximum absolute atomic E-state index is 3.16. The lowest BCUT2D eigenvalue weighted by atomic mass is 9.78. The highest BCUT2D eigenvalue weighted by molar-refractivity contribution is 14.0. The molecule has 0 nitrogen and oxygen atoms in total. The predicted molar refractivity (Wildman–Crippen MR) is 119 cm³/mol. The van der Waals surface area contributed by atoms with Crippen LogP contribution in [0.2, 0.25) is 0 Å². The number of benzene rings is 3. The third-order valence-corrected chi connectivity index (χ3v) is 5.64. The Hall–Kier alpha value is -1.18. The smallest absolute Gasteiger partial charge is 0.0599 e. The molecule has 0 aliphatic heterocycles. The van der Waals surface area contributed by atoms with Crippen LogP contribution in [0.25, 0.3) is 0 Å². The molecule has 3 aromatic rings. The van der Waals surface area contributed by atoms with E-state index in [1.165, 1.54) is 33.4 Å². The fourth-order valence-corrected chi connectivity index (χ4v) is 4.45. The average Bonchev–Trinajstić information content (AvgIpc) is 2.55. The van der Waals surface area contributed by atoms with Gasteiger partial charge in [0, 0.05) is 0 Å². The SMILES string of the molecule is Cc1ccccc1C(P)(c1ccccc1C)c1ccccc1C.I. The number of hydrogen-bond acceptors (Lipinski definition) is 0. The molecule has 0 saturated carbocycles. The Kier molecular flexibility index (Phi) is 6.22. The van der Waals surface area contributed by atoms with Crippen LogP contribution in [0.4, 0.5) is 0 Å². The topological polar surface area (TPSA) is 0 Å². The highest BCUT2D eigenvalue weighted by Gasteiger charge is 2.34. The third-order valence-electron chi connectivity index (χ3n) is 4.71. The van der Waals surface area contributed by atoms with Gasteiger partial charge in [-0.15, -0.1) is 33.2 Å². The van der Waals surface area contributed by atoms with Gasteiger partial charge in [-0.25, -0.2) is 0 Å². The summed E-state index contributed by atoms with van der Waals surface area (Å²) in [5.41, 5.74) is 7.97. The largest absolute Gasteiger partial charge is 0.117 e. The van der Waals surface area contributed by atoms with Crippen LogP contribution in [0.15, 0.2) is 72.8 Å². The molecule has 0 N–H and O–H groups in total. The van der Waals surface area contributed by atoms with Gasteiger partial charge in [0.15, 0.2) is 0 Å². The number of halogens is 1. The molecule has 3 aromatic carbocycles. The first kappa shape index (κ1) is 19.1.